The first-order chi connectivity index (χ1) is 9.89. The van der Waals surface area contributed by atoms with Gasteiger partial charge >= 0.3 is 7.82 Å². The van der Waals surface area contributed by atoms with Gasteiger partial charge in [0.05, 0.1) is 0 Å². The van der Waals surface area contributed by atoms with E-state index in [1.165, 1.54) is 0 Å². The van der Waals surface area contributed by atoms with Crippen LogP contribution in [-0.2, 0) is 4.57 Å². The number of aryl methyl sites for hydroxylation is 2. The lowest BCUT2D eigenvalue weighted by Gasteiger charge is -2.18. The summed E-state index contributed by atoms with van der Waals surface area (Å²) in [5.41, 5.74) is 6.31. The van der Waals surface area contributed by atoms with Crippen molar-refractivity contribution in [2.24, 2.45) is 0 Å². The molecule has 2 aromatic rings. The predicted octanol–water partition coefficient (Wildman–Crippen LogP) is 4.86. The van der Waals surface area contributed by atoms with E-state index in [9.17, 15) is 4.57 Å². The summed E-state index contributed by atoms with van der Waals surface area (Å²) in [4.78, 5) is 0. The van der Waals surface area contributed by atoms with Crippen molar-refractivity contribution >= 4 is 7.82 Å². The van der Waals surface area contributed by atoms with E-state index in [2.05, 4.69) is 6.92 Å². The molecule has 2 bridgehead atoms. The minimum Gasteiger partial charge on any atom is -0.385 e. The molecule has 0 spiro atoms. The summed E-state index contributed by atoms with van der Waals surface area (Å²) in [6.45, 7) is 8.14. The molecule has 0 N–H and O–H groups in total. The highest BCUT2D eigenvalue weighted by Gasteiger charge is 2.46. The van der Waals surface area contributed by atoms with E-state index in [0.29, 0.717) is 17.2 Å². The van der Waals surface area contributed by atoms with Crippen molar-refractivity contribution in [1.82, 2.24) is 0 Å². The highest BCUT2D eigenvalue weighted by atomic mass is 31.2. The Hall–Kier alpha value is -1.93. The molecule has 0 aromatic heterocycles. The molecule has 108 valence electrons. The van der Waals surface area contributed by atoms with Gasteiger partial charge in [-0.25, -0.2) is 0 Å². The van der Waals surface area contributed by atoms with Gasteiger partial charge in [0.15, 0.2) is 11.5 Å². The maximum atomic E-state index is 12.6. The Morgan fingerprint density at radius 3 is 2.24 bits per heavy atom. The topological polar surface area (TPSA) is 44.8 Å². The molecular weight excluding hydrogens is 287 g/mol. The Morgan fingerprint density at radius 2 is 1.48 bits per heavy atom. The molecule has 2 aliphatic heterocycles. The van der Waals surface area contributed by atoms with Crippen molar-refractivity contribution in [3.63, 3.8) is 0 Å². The zero-order valence-electron chi connectivity index (χ0n) is 12.3. The van der Waals surface area contributed by atoms with Gasteiger partial charge in [-0.15, -0.1) is 0 Å². The molecule has 0 aliphatic carbocycles. The molecule has 0 fully saturated rings. The summed E-state index contributed by atoms with van der Waals surface area (Å²) in [5.74, 6) is 1.59. The van der Waals surface area contributed by atoms with Crippen molar-refractivity contribution < 1.29 is 18.1 Å². The third-order valence-corrected chi connectivity index (χ3v) is 5.58. The highest BCUT2D eigenvalue weighted by molar-refractivity contribution is 7.50. The summed E-state index contributed by atoms with van der Waals surface area (Å²) < 4.78 is 29.2. The fourth-order valence-electron chi connectivity index (χ4n) is 2.91. The largest absolute Gasteiger partial charge is 0.647 e. The molecule has 5 heteroatoms. The van der Waals surface area contributed by atoms with Crippen LogP contribution in [0.1, 0.15) is 22.3 Å². The zero-order valence-corrected chi connectivity index (χ0v) is 13.2. The van der Waals surface area contributed by atoms with E-state index in [0.717, 1.165) is 33.4 Å². The summed E-state index contributed by atoms with van der Waals surface area (Å²) in [5, 5.41) is 0. The van der Waals surface area contributed by atoms with Gasteiger partial charge in [-0.2, -0.15) is 4.57 Å². The van der Waals surface area contributed by atoms with Crippen LogP contribution in [0.3, 0.4) is 0 Å². The van der Waals surface area contributed by atoms with E-state index in [4.69, 9.17) is 13.6 Å². The maximum Gasteiger partial charge on any atom is 0.647 e. The first-order valence-corrected chi connectivity index (χ1v) is 8.29. The fourth-order valence-corrected chi connectivity index (χ4v) is 4.19. The van der Waals surface area contributed by atoms with Crippen molar-refractivity contribution in [1.29, 1.82) is 0 Å². The van der Waals surface area contributed by atoms with Crippen LogP contribution in [0.2, 0.25) is 0 Å². The van der Waals surface area contributed by atoms with Crippen LogP contribution in [0, 0.1) is 27.7 Å². The lowest BCUT2D eigenvalue weighted by atomic mass is 9.90. The monoisotopic (exact) mass is 302 g/mol. The summed E-state index contributed by atoms with van der Waals surface area (Å²) in [6, 6.07) is 5.64. The number of fused-ring (bicyclic) bond motifs is 3. The third kappa shape index (κ3) is 1.60. The Labute approximate surface area is 123 Å². The molecular formula is C16H15O4P. The minimum atomic E-state index is -3.61. The Kier molecular flexibility index (Phi) is 2.33. The molecule has 0 saturated carbocycles. The normalized spacial score (nSPS) is 21.0. The van der Waals surface area contributed by atoms with Gasteiger partial charge in [-0.3, -0.25) is 0 Å². The lowest BCUT2D eigenvalue weighted by Crippen LogP contribution is -2.02. The molecule has 2 heterocycles. The predicted molar refractivity (Wildman–Crippen MR) is 80.3 cm³/mol. The summed E-state index contributed by atoms with van der Waals surface area (Å²) in [7, 11) is -3.61. The summed E-state index contributed by atoms with van der Waals surface area (Å²) >= 11 is 0. The van der Waals surface area contributed by atoms with Crippen LogP contribution in [0.5, 0.6) is 17.2 Å². The van der Waals surface area contributed by atoms with Gasteiger partial charge < -0.3 is 13.6 Å². The molecule has 0 radical (unpaired) electrons. The third-order valence-electron chi connectivity index (χ3n) is 4.34. The smallest absolute Gasteiger partial charge is 0.385 e. The Bertz CT molecular complexity index is 854. The molecule has 1 atom stereocenters. The maximum absolute atomic E-state index is 12.6. The molecule has 2 aliphatic rings. The second-order valence-electron chi connectivity index (χ2n) is 5.62. The standard InChI is InChI=1S/C16H15O4P/c1-8-5-6-12-14(10(8)3)15-11(4)9(2)7-13-16(15)20-21(17,18-12)19-13/h5-7H,1-4H3. The number of rotatable bonds is 0. The number of benzene rings is 2. The molecule has 4 rings (SSSR count). The van der Waals surface area contributed by atoms with E-state index in [1.54, 1.807) is 0 Å². The molecule has 2 aromatic carbocycles. The van der Waals surface area contributed by atoms with Gasteiger partial charge in [-0.1, -0.05) is 6.07 Å². The number of phosphoric acid groups is 1. The van der Waals surface area contributed by atoms with Gasteiger partial charge in [0.2, 0.25) is 0 Å². The van der Waals surface area contributed by atoms with Gasteiger partial charge in [0.1, 0.15) is 5.75 Å². The lowest BCUT2D eigenvalue weighted by molar-refractivity contribution is 0.334. The molecule has 0 amide bonds. The van der Waals surface area contributed by atoms with Crippen molar-refractivity contribution in [3.05, 3.63) is 40.5 Å². The van der Waals surface area contributed by atoms with Crippen LogP contribution in [0.25, 0.3) is 11.1 Å². The quantitative estimate of drug-likeness (QED) is 0.652. The second kappa shape index (κ2) is 3.83. The van der Waals surface area contributed by atoms with E-state index in [-0.39, 0.29) is 0 Å². The van der Waals surface area contributed by atoms with Crippen LogP contribution >= 0.6 is 7.82 Å². The SMILES string of the molecule is Cc1ccc2c(c1C)-c1c(C)c(C)cc3c1OP(=O)(O3)O2. The van der Waals surface area contributed by atoms with Crippen molar-refractivity contribution in [3.8, 4) is 28.4 Å². The molecule has 4 nitrogen and oxygen atoms in total. The number of hydrogen-bond acceptors (Lipinski definition) is 4. The van der Waals surface area contributed by atoms with Crippen LogP contribution in [0.15, 0.2) is 18.2 Å². The Morgan fingerprint density at radius 1 is 0.810 bits per heavy atom. The summed E-state index contributed by atoms with van der Waals surface area (Å²) in [6.07, 6.45) is 0. The van der Waals surface area contributed by atoms with Gasteiger partial charge in [0.25, 0.3) is 0 Å². The minimum absolute atomic E-state index is 0.503. The van der Waals surface area contributed by atoms with E-state index in [1.807, 2.05) is 39.0 Å². The van der Waals surface area contributed by atoms with Crippen LogP contribution in [0.4, 0.5) is 0 Å². The highest BCUT2D eigenvalue weighted by Crippen LogP contribution is 2.66. The van der Waals surface area contributed by atoms with E-state index >= 15 is 0 Å². The first kappa shape index (κ1) is 12.8. The fraction of sp³-hybridized carbons (Fsp3) is 0.250. The first-order valence-electron chi connectivity index (χ1n) is 6.83. The van der Waals surface area contributed by atoms with Crippen molar-refractivity contribution in [2.75, 3.05) is 0 Å². The zero-order chi connectivity index (χ0) is 14.9. The average Bonchev–Trinajstić information content (AvgIpc) is 2.65. The molecule has 1 unspecified atom stereocenters. The average molecular weight is 302 g/mol. The molecule has 21 heavy (non-hydrogen) atoms. The Balaban J connectivity index is 2.21. The van der Waals surface area contributed by atoms with E-state index < -0.39 is 7.82 Å². The molecule has 0 saturated heterocycles. The van der Waals surface area contributed by atoms with Crippen LogP contribution in [-0.4, -0.2) is 0 Å². The number of hydrogen-bond donors (Lipinski definition) is 0. The van der Waals surface area contributed by atoms with Crippen LogP contribution < -0.4 is 13.6 Å². The van der Waals surface area contributed by atoms with Gasteiger partial charge in [-0.05, 0) is 62.1 Å². The number of phosphoric ester groups is 1. The second-order valence-corrected chi connectivity index (χ2v) is 7.06. The van der Waals surface area contributed by atoms with Crippen molar-refractivity contribution in [2.45, 2.75) is 27.7 Å². The van der Waals surface area contributed by atoms with Gasteiger partial charge in [0, 0.05) is 11.1 Å².